The van der Waals surface area contributed by atoms with Crippen LogP contribution in [-0.2, 0) is 6.42 Å². The molecule has 0 aliphatic heterocycles. The lowest BCUT2D eigenvalue weighted by Gasteiger charge is -2.12. The van der Waals surface area contributed by atoms with Crippen molar-refractivity contribution in [2.75, 3.05) is 13.2 Å². The summed E-state index contributed by atoms with van der Waals surface area (Å²) >= 11 is 0. The van der Waals surface area contributed by atoms with Gasteiger partial charge in [0.05, 0.1) is 6.61 Å². The van der Waals surface area contributed by atoms with E-state index >= 15 is 0 Å². The molecule has 0 aromatic heterocycles. The van der Waals surface area contributed by atoms with Crippen LogP contribution < -0.4 is 10.1 Å². The number of rotatable bonds is 10. The minimum absolute atomic E-state index is 0.583. The Bertz CT molecular complexity index is 345. The van der Waals surface area contributed by atoms with Crippen LogP contribution in [0, 0.1) is 0 Å². The molecule has 0 amide bonds. The van der Waals surface area contributed by atoms with Crippen LogP contribution >= 0.6 is 0 Å². The monoisotopic (exact) mass is 261 g/mol. The molecule has 1 rings (SSSR count). The van der Waals surface area contributed by atoms with Crippen molar-refractivity contribution in [1.82, 2.24) is 5.32 Å². The highest BCUT2D eigenvalue weighted by atomic mass is 16.5. The SMILES string of the molecule is C=CCCCOc1ccc(CCC(C)NCC)cc1. The Morgan fingerprint density at radius 2 is 2.05 bits per heavy atom. The molecule has 0 heterocycles. The summed E-state index contributed by atoms with van der Waals surface area (Å²) in [6.45, 7) is 9.90. The van der Waals surface area contributed by atoms with Gasteiger partial charge in [0.25, 0.3) is 0 Å². The number of hydrogen-bond donors (Lipinski definition) is 1. The Kier molecular flexibility index (Phi) is 7.99. The highest BCUT2D eigenvalue weighted by Crippen LogP contribution is 2.14. The molecule has 1 unspecified atom stereocenters. The van der Waals surface area contributed by atoms with E-state index in [9.17, 15) is 0 Å². The van der Waals surface area contributed by atoms with Crippen molar-refractivity contribution in [1.29, 1.82) is 0 Å². The molecule has 1 aromatic carbocycles. The Balaban J connectivity index is 2.28. The van der Waals surface area contributed by atoms with Gasteiger partial charge in [-0.25, -0.2) is 0 Å². The van der Waals surface area contributed by atoms with Crippen molar-refractivity contribution < 1.29 is 4.74 Å². The average molecular weight is 261 g/mol. The first kappa shape index (κ1) is 15.8. The number of allylic oxidation sites excluding steroid dienone is 1. The smallest absolute Gasteiger partial charge is 0.119 e. The number of benzene rings is 1. The quantitative estimate of drug-likeness (QED) is 0.508. The molecule has 19 heavy (non-hydrogen) atoms. The van der Waals surface area contributed by atoms with Gasteiger partial charge in [-0.2, -0.15) is 0 Å². The zero-order chi connectivity index (χ0) is 13.9. The van der Waals surface area contributed by atoms with Crippen LogP contribution in [0.25, 0.3) is 0 Å². The Morgan fingerprint density at radius 1 is 1.32 bits per heavy atom. The van der Waals surface area contributed by atoms with Crippen LogP contribution in [0.4, 0.5) is 0 Å². The normalized spacial score (nSPS) is 12.1. The first-order chi connectivity index (χ1) is 9.26. The van der Waals surface area contributed by atoms with Crippen LogP contribution in [-0.4, -0.2) is 19.2 Å². The highest BCUT2D eigenvalue weighted by molar-refractivity contribution is 5.27. The topological polar surface area (TPSA) is 21.3 Å². The fourth-order valence-electron chi connectivity index (χ4n) is 2.00. The molecule has 2 heteroatoms. The van der Waals surface area contributed by atoms with Gasteiger partial charge in [0.2, 0.25) is 0 Å². The van der Waals surface area contributed by atoms with E-state index in [1.807, 2.05) is 6.08 Å². The van der Waals surface area contributed by atoms with Crippen LogP contribution in [0.1, 0.15) is 38.7 Å². The zero-order valence-corrected chi connectivity index (χ0v) is 12.3. The molecule has 0 saturated heterocycles. The molecule has 0 aliphatic rings. The Labute approximate surface area is 117 Å². The third-order valence-electron chi connectivity index (χ3n) is 3.16. The maximum Gasteiger partial charge on any atom is 0.119 e. The van der Waals surface area contributed by atoms with E-state index in [1.54, 1.807) is 0 Å². The van der Waals surface area contributed by atoms with Crippen LogP contribution in [0.15, 0.2) is 36.9 Å². The van der Waals surface area contributed by atoms with Crippen molar-refractivity contribution in [2.45, 2.75) is 45.6 Å². The summed E-state index contributed by atoms with van der Waals surface area (Å²) in [5.74, 6) is 0.965. The van der Waals surface area contributed by atoms with Crippen molar-refractivity contribution in [3.05, 3.63) is 42.5 Å². The average Bonchev–Trinajstić information content (AvgIpc) is 2.43. The van der Waals surface area contributed by atoms with Gasteiger partial charge in [-0.15, -0.1) is 6.58 Å². The lowest BCUT2D eigenvalue weighted by Crippen LogP contribution is -2.25. The molecule has 0 bridgehead atoms. The number of unbranched alkanes of at least 4 members (excludes halogenated alkanes) is 1. The lowest BCUT2D eigenvalue weighted by molar-refractivity contribution is 0.312. The zero-order valence-electron chi connectivity index (χ0n) is 12.3. The number of ether oxygens (including phenoxy) is 1. The second kappa shape index (κ2) is 9.62. The van der Waals surface area contributed by atoms with Crippen molar-refractivity contribution in [2.24, 2.45) is 0 Å². The van der Waals surface area contributed by atoms with E-state index in [2.05, 4.69) is 50.0 Å². The molecule has 106 valence electrons. The molecule has 0 fully saturated rings. The second-order valence-electron chi connectivity index (χ2n) is 4.92. The number of aryl methyl sites for hydroxylation is 1. The van der Waals surface area contributed by atoms with Gasteiger partial charge in [0.15, 0.2) is 0 Å². The highest BCUT2D eigenvalue weighted by Gasteiger charge is 2.01. The minimum Gasteiger partial charge on any atom is -0.494 e. The fraction of sp³-hybridized carbons (Fsp3) is 0.529. The number of nitrogens with one attached hydrogen (secondary N) is 1. The molecule has 0 radical (unpaired) electrons. The van der Waals surface area contributed by atoms with Crippen LogP contribution in [0.5, 0.6) is 5.75 Å². The summed E-state index contributed by atoms with van der Waals surface area (Å²) < 4.78 is 5.67. The lowest BCUT2D eigenvalue weighted by atomic mass is 10.1. The third-order valence-corrected chi connectivity index (χ3v) is 3.16. The molecule has 1 atom stereocenters. The second-order valence-corrected chi connectivity index (χ2v) is 4.92. The van der Waals surface area contributed by atoms with Crippen molar-refractivity contribution in [3.8, 4) is 5.75 Å². The van der Waals surface area contributed by atoms with E-state index in [0.29, 0.717) is 6.04 Å². The summed E-state index contributed by atoms with van der Waals surface area (Å²) in [4.78, 5) is 0. The van der Waals surface area contributed by atoms with Gasteiger partial charge >= 0.3 is 0 Å². The predicted octanol–water partition coefficient (Wildman–Crippen LogP) is 3.96. The molecule has 0 aliphatic carbocycles. The summed E-state index contributed by atoms with van der Waals surface area (Å²) in [5.41, 5.74) is 1.38. The van der Waals surface area contributed by atoms with E-state index < -0.39 is 0 Å². The van der Waals surface area contributed by atoms with E-state index in [-0.39, 0.29) is 0 Å². The minimum atomic E-state index is 0.583. The third kappa shape index (κ3) is 7.02. The van der Waals surface area contributed by atoms with Crippen molar-refractivity contribution >= 4 is 0 Å². The summed E-state index contributed by atoms with van der Waals surface area (Å²) in [5, 5.41) is 3.43. The van der Waals surface area contributed by atoms with Crippen molar-refractivity contribution in [3.63, 3.8) is 0 Å². The van der Waals surface area contributed by atoms with Gasteiger partial charge in [-0.3, -0.25) is 0 Å². The van der Waals surface area contributed by atoms with Gasteiger partial charge in [-0.05, 0) is 56.8 Å². The molecule has 1 aromatic rings. The standard InChI is InChI=1S/C17H27NO/c1-4-6-7-14-19-17-12-10-16(11-13-17)9-8-15(3)18-5-2/h4,10-13,15,18H,1,5-9,14H2,2-3H3. The maximum absolute atomic E-state index is 5.67. The molecule has 1 N–H and O–H groups in total. The molecule has 0 saturated carbocycles. The summed E-state index contributed by atoms with van der Waals surface area (Å²) in [6, 6.07) is 9.06. The number of hydrogen-bond acceptors (Lipinski definition) is 2. The van der Waals surface area contributed by atoms with Gasteiger partial charge in [0.1, 0.15) is 5.75 Å². The van der Waals surface area contributed by atoms with Crippen LogP contribution in [0.2, 0.25) is 0 Å². The predicted molar refractivity (Wildman–Crippen MR) is 82.8 cm³/mol. The fourth-order valence-corrected chi connectivity index (χ4v) is 2.00. The first-order valence-electron chi connectivity index (χ1n) is 7.32. The van der Waals surface area contributed by atoms with Crippen LogP contribution in [0.3, 0.4) is 0 Å². The van der Waals surface area contributed by atoms with E-state index in [4.69, 9.17) is 4.74 Å². The first-order valence-corrected chi connectivity index (χ1v) is 7.32. The Morgan fingerprint density at radius 3 is 2.68 bits per heavy atom. The van der Waals surface area contributed by atoms with Gasteiger partial charge in [0, 0.05) is 6.04 Å². The summed E-state index contributed by atoms with van der Waals surface area (Å²) in [7, 11) is 0. The molecule has 0 spiro atoms. The molecular formula is C17H27NO. The van der Waals surface area contributed by atoms with Gasteiger partial charge < -0.3 is 10.1 Å². The molecular weight excluding hydrogens is 234 g/mol. The molecule has 2 nitrogen and oxygen atoms in total. The van der Waals surface area contributed by atoms with E-state index in [1.165, 1.54) is 12.0 Å². The van der Waals surface area contributed by atoms with E-state index in [0.717, 1.165) is 38.2 Å². The summed E-state index contributed by atoms with van der Waals surface area (Å²) in [6.07, 6.45) is 6.27. The van der Waals surface area contributed by atoms with Gasteiger partial charge in [-0.1, -0.05) is 25.1 Å². The maximum atomic E-state index is 5.67. The Hall–Kier alpha value is -1.28. The largest absolute Gasteiger partial charge is 0.494 e.